The summed E-state index contributed by atoms with van der Waals surface area (Å²) in [6.45, 7) is 0. The second kappa shape index (κ2) is 3.69. The zero-order chi connectivity index (χ0) is 7.40. The first-order valence-electron chi connectivity index (χ1n) is 2.77. The fourth-order valence-electron chi connectivity index (χ4n) is 0.620. The Bertz CT molecular complexity index is 213. The van der Waals surface area contributed by atoms with Crippen molar-refractivity contribution in [1.82, 2.24) is 0 Å². The number of rotatable bonds is 2. The third-order valence-electron chi connectivity index (χ3n) is 1.02. The number of hydrogen-bond donors (Lipinski definition) is 0. The topological polar surface area (TPSA) is 9.23 Å². The highest BCUT2D eigenvalue weighted by atomic mass is 35.5. The second-order valence-corrected chi connectivity index (χ2v) is 2.37. The van der Waals surface area contributed by atoms with E-state index >= 15 is 0 Å². The Kier molecular flexibility index (Phi) is 2.84. The van der Waals surface area contributed by atoms with Crippen LogP contribution in [-0.2, 0) is 0 Å². The van der Waals surface area contributed by atoms with Gasteiger partial charge in [0, 0.05) is 5.02 Å². The fraction of sp³-hybridized carbons (Fsp3) is 0.143. The first kappa shape index (κ1) is 7.70. The number of alkyl halides is 1. The van der Waals surface area contributed by atoms with E-state index in [2.05, 4.69) is 0 Å². The van der Waals surface area contributed by atoms with Crippen LogP contribution in [0.25, 0.3) is 0 Å². The minimum atomic E-state index is 0.153. The SMILES string of the molecule is ClCOc1cccc(Cl)c1. The molecule has 0 saturated heterocycles. The van der Waals surface area contributed by atoms with Crippen molar-refractivity contribution in [3.05, 3.63) is 29.3 Å². The van der Waals surface area contributed by atoms with E-state index < -0.39 is 0 Å². The van der Waals surface area contributed by atoms with Crippen LogP contribution in [-0.4, -0.2) is 6.07 Å². The Morgan fingerprint density at radius 3 is 2.80 bits per heavy atom. The molecule has 0 unspecified atom stereocenters. The molecule has 1 nitrogen and oxygen atoms in total. The number of halogens is 2. The summed E-state index contributed by atoms with van der Waals surface area (Å²) in [7, 11) is 0. The van der Waals surface area contributed by atoms with Crippen LogP contribution in [0.5, 0.6) is 5.75 Å². The van der Waals surface area contributed by atoms with Gasteiger partial charge in [0.15, 0.2) is 6.07 Å². The Morgan fingerprint density at radius 1 is 1.40 bits per heavy atom. The maximum atomic E-state index is 5.66. The normalized spacial score (nSPS) is 9.40. The smallest absolute Gasteiger partial charge is 0.162 e. The van der Waals surface area contributed by atoms with Gasteiger partial charge < -0.3 is 4.74 Å². The van der Waals surface area contributed by atoms with Crippen molar-refractivity contribution in [1.29, 1.82) is 0 Å². The predicted molar refractivity (Wildman–Crippen MR) is 42.8 cm³/mol. The molecule has 10 heavy (non-hydrogen) atoms. The van der Waals surface area contributed by atoms with E-state index in [9.17, 15) is 0 Å². The number of benzene rings is 1. The van der Waals surface area contributed by atoms with E-state index in [1.54, 1.807) is 18.2 Å². The summed E-state index contributed by atoms with van der Waals surface area (Å²) in [6, 6.07) is 7.26. The lowest BCUT2D eigenvalue weighted by molar-refractivity contribution is 0.388. The van der Waals surface area contributed by atoms with Crippen LogP contribution < -0.4 is 4.74 Å². The maximum Gasteiger partial charge on any atom is 0.162 e. The fourth-order valence-corrected chi connectivity index (χ4v) is 0.926. The molecule has 0 aliphatic carbocycles. The van der Waals surface area contributed by atoms with Crippen LogP contribution in [0.2, 0.25) is 5.02 Å². The van der Waals surface area contributed by atoms with Crippen LogP contribution >= 0.6 is 23.2 Å². The minimum Gasteiger partial charge on any atom is -0.478 e. The molecule has 54 valence electrons. The Morgan fingerprint density at radius 2 is 2.20 bits per heavy atom. The van der Waals surface area contributed by atoms with Crippen molar-refractivity contribution >= 4 is 23.2 Å². The molecule has 0 aliphatic heterocycles. The third-order valence-corrected chi connectivity index (χ3v) is 1.36. The van der Waals surface area contributed by atoms with Crippen molar-refractivity contribution in [3.63, 3.8) is 0 Å². The van der Waals surface area contributed by atoms with Gasteiger partial charge in [-0.15, -0.1) is 0 Å². The van der Waals surface area contributed by atoms with Gasteiger partial charge in [0.1, 0.15) is 5.75 Å². The molecule has 0 radical (unpaired) electrons. The van der Waals surface area contributed by atoms with E-state index in [0.717, 1.165) is 0 Å². The predicted octanol–water partition coefficient (Wildman–Crippen LogP) is 2.92. The molecule has 1 rings (SSSR count). The number of ether oxygens (including phenoxy) is 1. The van der Waals surface area contributed by atoms with Gasteiger partial charge in [-0.3, -0.25) is 0 Å². The van der Waals surface area contributed by atoms with Gasteiger partial charge in [0.25, 0.3) is 0 Å². The molecule has 1 aromatic carbocycles. The molecule has 0 atom stereocenters. The minimum absolute atomic E-state index is 0.153. The summed E-state index contributed by atoms with van der Waals surface area (Å²) in [5.41, 5.74) is 0. The Balaban J connectivity index is 2.75. The molecule has 0 aromatic heterocycles. The van der Waals surface area contributed by atoms with Gasteiger partial charge in [-0.1, -0.05) is 29.3 Å². The zero-order valence-corrected chi connectivity index (χ0v) is 6.69. The molecule has 0 amide bonds. The average Bonchev–Trinajstić information content (AvgIpc) is 1.88. The molecular formula is C7H6Cl2O. The Hall–Kier alpha value is -0.400. The standard InChI is InChI=1S/C7H6Cl2O/c8-5-10-7-3-1-2-6(9)4-7/h1-4H,5H2. The lowest BCUT2D eigenvalue weighted by atomic mass is 10.3. The van der Waals surface area contributed by atoms with Crippen LogP contribution in [0.3, 0.4) is 0 Å². The van der Waals surface area contributed by atoms with Gasteiger partial charge >= 0.3 is 0 Å². The lowest BCUT2D eigenvalue weighted by Gasteiger charge is -1.99. The first-order chi connectivity index (χ1) is 4.83. The average molecular weight is 177 g/mol. The van der Waals surface area contributed by atoms with Crippen LogP contribution in [0.4, 0.5) is 0 Å². The van der Waals surface area contributed by atoms with E-state index in [-0.39, 0.29) is 6.07 Å². The quantitative estimate of drug-likeness (QED) is 0.631. The summed E-state index contributed by atoms with van der Waals surface area (Å²) in [5, 5.41) is 0.655. The molecule has 0 fully saturated rings. The Labute approximate surface area is 69.5 Å². The van der Waals surface area contributed by atoms with Crippen molar-refractivity contribution < 1.29 is 4.74 Å². The van der Waals surface area contributed by atoms with Crippen molar-refractivity contribution in [3.8, 4) is 5.75 Å². The van der Waals surface area contributed by atoms with Gasteiger partial charge in [-0.2, -0.15) is 0 Å². The molecule has 0 aliphatic rings. The number of hydrogen-bond acceptors (Lipinski definition) is 1. The molecule has 1 aromatic rings. The third kappa shape index (κ3) is 2.09. The van der Waals surface area contributed by atoms with Crippen LogP contribution in [0.1, 0.15) is 0 Å². The summed E-state index contributed by atoms with van der Waals surface area (Å²) in [5.74, 6) is 0.697. The highest BCUT2D eigenvalue weighted by Gasteiger charge is 1.91. The van der Waals surface area contributed by atoms with Gasteiger partial charge in [-0.25, -0.2) is 0 Å². The lowest BCUT2D eigenvalue weighted by Crippen LogP contribution is -1.87. The monoisotopic (exact) mass is 176 g/mol. The molecule has 3 heteroatoms. The summed E-state index contributed by atoms with van der Waals surface area (Å²) in [4.78, 5) is 0. The van der Waals surface area contributed by atoms with E-state index in [1.165, 1.54) is 0 Å². The first-order valence-corrected chi connectivity index (χ1v) is 3.68. The van der Waals surface area contributed by atoms with Crippen molar-refractivity contribution in [2.24, 2.45) is 0 Å². The molecular weight excluding hydrogens is 171 g/mol. The van der Waals surface area contributed by atoms with Crippen LogP contribution in [0, 0.1) is 0 Å². The summed E-state index contributed by atoms with van der Waals surface area (Å²) >= 11 is 11.0. The van der Waals surface area contributed by atoms with Gasteiger partial charge in [0.05, 0.1) is 0 Å². The summed E-state index contributed by atoms with van der Waals surface area (Å²) in [6.07, 6.45) is 0. The maximum absolute atomic E-state index is 5.66. The highest BCUT2D eigenvalue weighted by molar-refractivity contribution is 6.30. The summed E-state index contributed by atoms with van der Waals surface area (Å²) < 4.78 is 4.97. The van der Waals surface area contributed by atoms with E-state index in [4.69, 9.17) is 27.9 Å². The second-order valence-electron chi connectivity index (χ2n) is 1.71. The zero-order valence-electron chi connectivity index (χ0n) is 5.18. The molecule has 0 saturated carbocycles. The largest absolute Gasteiger partial charge is 0.478 e. The molecule has 0 bridgehead atoms. The highest BCUT2D eigenvalue weighted by Crippen LogP contribution is 2.16. The van der Waals surface area contributed by atoms with E-state index in [0.29, 0.717) is 10.8 Å². The molecule has 0 heterocycles. The molecule has 0 N–H and O–H groups in total. The van der Waals surface area contributed by atoms with Gasteiger partial charge in [0.2, 0.25) is 0 Å². The van der Waals surface area contributed by atoms with Gasteiger partial charge in [-0.05, 0) is 18.2 Å². The van der Waals surface area contributed by atoms with Crippen molar-refractivity contribution in [2.45, 2.75) is 0 Å². The van der Waals surface area contributed by atoms with E-state index in [1.807, 2.05) is 6.07 Å². The van der Waals surface area contributed by atoms with Crippen LogP contribution in [0.15, 0.2) is 24.3 Å². The van der Waals surface area contributed by atoms with Crippen molar-refractivity contribution in [2.75, 3.05) is 6.07 Å². The molecule has 0 spiro atoms.